The largest absolute Gasteiger partial charge is 0.491 e. The molecule has 4 nitrogen and oxygen atoms in total. The van der Waals surface area contributed by atoms with E-state index in [0.717, 1.165) is 11.3 Å². The van der Waals surface area contributed by atoms with Crippen LogP contribution in [-0.4, -0.2) is 25.2 Å². The highest BCUT2D eigenvalue weighted by atomic mass is 19.1. The van der Waals surface area contributed by atoms with Gasteiger partial charge in [-0.2, -0.15) is 0 Å². The van der Waals surface area contributed by atoms with Gasteiger partial charge in [-0.25, -0.2) is 4.39 Å². The number of para-hydroxylation sites is 2. The van der Waals surface area contributed by atoms with Gasteiger partial charge >= 0.3 is 0 Å². The molecule has 0 aliphatic rings. The summed E-state index contributed by atoms with van der Waals surface area (Å²) in [4.78, 5) is 12.3. The van der Waals surface area contributed by atoms with Gasteiger partial charge in [0.05, 0.1) is 6.54 Å². The van der Waals surface area contributed by atoms with Gasteiger partial charge in [0.2, 0.25) is 0 Å². The molecule has 0 aliphatic carbocycles. The maximum Gasteiger partial charge on any atom is 0.261 e. The van der Waals surface area contributed by atoms with Gasteiger partial charge in [-0.05, 0) is 36.1 Å². The molecule has 0 aromatic heterocycles. The molecule has 2 aromatic carbocycles. The summed E-state index contributed by atoms with van der Waals surface area (Å²) in [6, 6.07) is 13.9. The zero-order valence-corrected chi connectivity index (χ0v) is 15.5. The van der Waals surface area contributed by atoms with Crippen LogP contribution in [0.5, 0.6) is 11.5 Å². The first-order valence-corrected chi connectivity index (χ1v) is 8.93. The van der Waals surface area contributed by atoms with Gasteiger partial charge in [-0.3, -0.25) is 4.79 Å². The van der Waals surface area contributed by atoms with E-state index < -0.39 is 11.9 Å². The molecule has 0 spiro atoms. The van der Waals surface area contributed by atoms with Crippen molar-refractivity contribution in [3.63, 3.8) is 0 Å². The van der Waals surface area contributed by atoms with E-state index in [4.69, 9.17) is 9.47 Å². The van der Waals surface area contributed by atoms with E-state index in [0.29, 0.717) is 25.5 Å². The van der Waals surface area contributed by atoms with E-state index in [9.17, 15) is 9.18 Å². The average Bonchev–Trinajstić information content (AvgIpc) is 2.64. The quantitative estimate of drug-likeness (QED) is 0.679. The predicted octanol–water partition coefficient (Wildman–Crippen LogP) is 4.30. The Kier molecular flexibility index (Phi) is 7.45. The maximum atomic E-state index is 13.7. The second-order valence-corrected chi connectivity index (χ2v) is 6.28. The van der Waals surface area contributed by atoms with E-state index >= 15 is 0 Å². The topological polar surface area (TPSA) is 47.6 Å². The normalized spacial score (nSPS) is 11.9. The second kappa shape index (κ2) is 9.80. The molecule has 0 aliphatic heterocycles. The fourth-order valence-electron chi connectivity index (χ4n) is 2.55. The molecule has 26 heavy (non-hydrogen) atoms. The van der Waals surface area contributed by atoms with Crippen LogP contribution >= 0.6 is 0 Å². The van der Waals surface area contributed by atoms with Gasteiger partial charge in [-0.15, -0.1) is 0 Å². The lowest BCUT2D eigenvalue weighted by atomic mass is 10.0. The van der Waals surface area contributed by atoms with E-state index in [1.54, 1.807) is 12.1 Å². The lowest BCUT2D eigenvalue weighted by Gasteiger charge is -2.18. The number of carbonyl (C=O) groups excluding carboxylic acids is 1. The fourth-order valence-corrected chi connectivity index (χ4v) is 2.55. The van der Waals surface area contributed by atoms with Crippen molar-refractivity contribution in [3.8, 4) is 11.5 Å². The Bertz CT molecular complexity index is 718. The van der Waals surface area contributed by atoms with Gasteiger partial charge in [0.15, 0.2) is 17.7 Å². The van der Waals surface area contributed by atoms with Crippen LogP contribution in [-0.2, 0) is 4.79 Å². The third-order valence-electron chi connectivity index (χ3n) is 3.97. The van der Waals surface area contributed by atoms with Crippen molar-refractivity contribution in [2.24, 2.45) is 0 Å². The predicted molar refractivity (Wildman–Crippen MR) is 100 cm³/mol. The number of benzene rings is 2. The van der Waals surface area contributed by atoms with Gasteiger partial charge in [0, 0.05) is 0 Å². The third kappa shape index (κ3) is 5.48. The summed E-state index contributed by atoms with van der Waals surface area (Å²) < 4.78 is 24.9. The minimum absolute atomic E-state index is 0.0802. The van der Waals surface area contributed by atoms with Crippen LogP contribution in [0, 0.1) is 5.82 Å². The number of hydrogen-bond donors (Lipinski definition) is 1. The van der Waals surface area contributed by atoms with Crippen molar-refractivity contribution in [2.45, 2.75) is 39.2 Å². The van der Waals surface area contributed by atoms with E-state index in [2.05, 4.69) is 19.2 Å². The molecule has 1 unspecified atom stereocenters. The summed E-state index contributed by atoms with van der Waals surface area (Å²) in [6.45, 7) is 6.74. The Morgan fingerprint density at radius 2 is 1.73 bits per heavy atom. The second-order valence-electron chi connectivity index (χ2n) is 6.28. The lowest BCUT2D eigenvalue weighted by Crippen LogP contribution is -2.40. The van der Waals surface area contributed by atoms with Crippen LogP contribution in [0.3, 0.4) is 0 Å². The van der Waals surface area contributed by atoms with Crippen LogP contribution in [0.4, 0.5) is 4.39 Å². The van der Waals surface area contributed by atoms with Crippen molar-refractivity contribution in [3.05, 3.63) is 59.9 Å². The average molecular weight is 359 g/mol. The van der Waals surface area contributed by atoms with E-state index in [-0.39, 0.29) is 11.7 Å². The van der Waals surface area contributed by atoms with Gasteiger partial charge < -0.3 is 14.8 Å². The highest BCUT2D eigenvalue weighted by Gasteiger charge is 2.19. The van der Waals surface area contributed by atoms with Crippen LogP contribution in [0.2, 0.25) is 0 Å². The number of hydrogen-bond acceptors (Lipinski definition) is 3. The van der Waals surface area contributed by atoms with E-state index in [1.165, 1.54) is 12.1 Å². The summed E-state index contributed by atoms with van der Waals surface area (Å²) >= 11 is 0. The van der Waals surface area contributed by atoms with Gasteiger partial charge in [-0.1, -0.05) is 51.1 Å². The Balaban J connectivity index is 1.83. The monoisotopic (exact) mass is 359 g/mol. The van der Waals surface area contributed by atoms with Crippen molar-refractivity contribution in [1.29, 1.82) is 0 Å². The summed E-state index contributed by atoms with van der Waals surface area (Å²) in [6.07, 6.45) is -0.299. The van der Waals surface area contributed by atoms with Crippen molar-refractivity contribution < 1.29 is 18.7 Å². The summed E-state index contributed by atoms with van der Waals surface area (Å²) in [5.74, 6) is 0.506. The molecule has 0 radical (unpaired) electrons. The maximum absolute atomic E-state index is 13.7. The molecule has 0 heterocycles. The standard InChI is InChI=1S/C21H26FNO3/c1-4-18(26-20-12-8-6-10-17(20)22)21(24)23-13-14-25-19-11-7-5-9-16(19)15(2)3/h5-12,15,18H,4,13-14H2,1-3H3,(H,23,24). The molecule has 1 atom stereocenters. The van der Waals surface area contributed by atoms with Crippen molar-refractivity contribution in [2.75, 3.05) is 13.2 Å². The molecule has 0 bridgehead atoms. The first-order valence-electron chi connectivity index (χ1n) is 8.93. The molecule has 2 rings (SSSR count). The zero-order chi connectivity index (χ0) is 18.9. The first-order chi connectivity index (χ1) is 12.5. The molecule has 2 aromatic rings. The Morgan fingerprint density at radius 1 is 1.08 bits per heavy atom. The van der Waals surface area contributed by atoms with Gasteiger partial charge in [0.25, 0.3) is 5.91 Å². The number of carbonyl (C=O) groups is 1. The zero-order valence-electron chi connectivity index (χ0n) is 15.5. The van der Waals surface area contributed by atoms with Crippen molar-refractivity contribution in [1.82, 2.24) is 5.32 Å². The molecular formula is C21H26FNO3. The van der Waals surface area contributed by atoms with Crippen LogP contribution in [0.1, 0.15) is 38.7 Å². The molecule has 0 saturated carbocycles. The highest BCUT2D eigenvalue weighted by Crippen LogP contribution is 2.25. The van der Waals surface area contributed by atoms with Crippen LogP contribution < -0.4 is 14.8 Å². The highest BCUT2D eigenvalue weighted by molar-refractivity contribution is 5.81. The fraction of sp³-hybridized carbons (Fsp3) is 0.381. The van der Waals surface area contributed by atoms with Crippen LogP contribution in [0.25, 0.3) is 0 Å². The minimum atomic E-state index is -0.741. The molecule has 0 fully saturated rings. The number of ether oxygens (including phenoxy) is 2. The SMILES string of the molecule is CCC(Oc1ccccc1F)C(=O)NCCOc1ccccc1C(C)C. The molecule has 1 amide bonds. The molecule has 1 N–H and O–H groups in total. The Labute approximate surface area is 154 Å². The summed E-state index contributed by atoms with van der Waals surface area (Å²) in [7, 11) is 0. The van der Waals surface area contributed by atoms with Crippen LogP contribution in [0.15, 0.2) is 48.5 Å². The minimum Gasteiger partial charge on any atom is -0.491 e. The number of nitrogens with one attached hydrogen (secondary N) is 1. The molecule has 0 saturated heterocycles. The Morgan fingerprint density at radius 3 is 2.38 bits per heavy atom. The first kappa shape index (κ1) is 19.8. The molecular weight excluding hydrogens is 333 g/mol. The molecule has 5 heteroatoms. The lowest BCUT2D eigenvalue weighted by molar-refractivity contribution is -0.128. The van der Waals surface area contributed by atoms with Crippen molar-refractivity contribution >= 4 is 5.91 Å². The number of rotatable bonds is 9. The summed E-state index contributed by atoms with van der Waals surface area (Å²) in [5.41, 5.74) is 1.13. The van der Waals surface area contributed by atoms with E-state index in [1.807, 2.05) is 31.2 Å². The van der Waals surface area contributed by atoms with Gasteiger partial charge in [0.1, 0.15) is 12.4 Å². The smallest absolute Gasteiger partial charge is 0.261 e. The summed E-state index contributed by atoms with van der Waals surface area (Å²) in [5, 5.41) is 2.78. The third-order valence-corrected chi connectivity index (χ3v) is 3.97. The number of halogens is 1. The Hall–Kier alpha value is -2.56. The number of amides is 1. The molecule has 140 valence electrons.